The van der Waals surface area contributed by atoms with Crippen molar-refractivity contribution in [2.45, 2.75) is 77.3 Å². The highest BCUT2D eigenvalue weighted by Gasteiger charge is 2.30. The maximum Gasteiger partial charge on any atom is 0.264 e. The Labute approximate surface area is 282 Å². The molecule has 2 aromatic carbocycles. The lowest BCUT2D eigenvalue weighted by Crippen LogP contribution is -2.44. The fourth-order valence-electron chi connectivity index (χ4n) is 6.45. The van der Waals surface area contributed by atoms with Gasteiger partial charge in [-0.1, -0.05) is 38.1 Å². The van der Waals surface area contributed by atoms with Gasteiger partial charge in [-0.15, -0.1) is 0 Å². The highest BCUT2D eigenvalue weighted by molar-refractivity contribution is 7.92. The third-order valence-electron chi connectivity index (χ3n) is 8.99. The van der Waals surface area contributed by atoms with Crippen LogP contribution < -0.4 is 9.46 Å². The summed E-state index contributed by atoms with van der Waals surface area (Å²) in [5.41, 5.74) is 5.87. The fourth-order valence-corrected chi connectivity index (χ4v) is 7.44. The van der Waals surface area contributed by atoms with Crippen molar-refractivity contribution in [3.8, 4) is 17.1 Å². The lowest BCUT2D eigenvalue weighted by Gasteiger charge is -2.33. The minimum absolute atomic E-state index is 0.0752. The molecule has 6 rings (SSSR count). The zero-order valence-electron chi connectivity index (χ0n) is 28.1. The lowest BCUT2D eigenvalue weighted by molar-refractivity contribution is 0.0548. The Balaban J connectivity index is 1.44. The molecule has 0 saturated carbocycles. The first-order valence-electron chi connectivity index (χ1n) is 16.4. The molecule has 4 aromatic rings. The summed E-state index contributed by atoms with van der Waals surface area (Å²) in [7, 11) is -4.17. The molecule has 0 spiro atoms. The molecule has 11 nitrogen and oxygen atoms in total. The van der Waals surface area contributed by atoms with Gasteiger partial charge in [0.25, 0.3) is 15.9 Å². The van der Waals surface area contributed by atoms with E-state index in [9.17, 15) is 13.2 Å². The summed E-state index contributed by atoms with van der Waals surface area (Å²) >= 11 is 0. The number of fused-ring (bicyclic) bond motifs is 4. The average Bonchev–Trinajstić information content (AvgIpc) is 3.07. The summed E-state index contributed by atoms with van der Waals surface area (Å²) in [6.45, 7) is 11.7. The van der Waals surface area contributed by atoms with Crippen molar-refractivity contribution in [3.63, 3.8) is 0 Å². The first-order valence-corrected chi connectivity index (χ1v) is 17.9. The van der Waals surface area contributed by atoms with Crippen LogP contribution in [0.4, 0.5) is 5.95 Å². The predicted octanol–water partition coefficient (Wildman–Crippen LogP) is 6.00. The molecular weight excluding hydrogens is 629 g/mol. The number of ether oxygens (including phenoxy) is 2. The van der Waals surface area contributed by atoms with Crippen molar-refractivity contribution in [2.24, 2.45) is 5.92 Å². The van der Waals surface area contributed by atoms with Gasteiger partial charge in [-0.05, 0) is 75.3 Å². The van der Waals surface area contributed by atoms with E-state index >= 15 is 0 Å². The van der Waals surface area contributed by atoms with Crippen LogP contribution in [0.2, 0.25) is 0 Å². The van der Waals surface area contributed by atoms with Gasteiger partial charge >= 0.3 is 0 Å². The van der Waals surface area contributed by atoms with Crippen molar-refractivity contribution < 1.29 is 22.7 Å². The molecule has 4 bridgehead atoms. The molecule has 48 heavy (non-hydrogen) atoms. The third-order valence-corrected chi connectivity index (χ3v) is 10.3. The number of anilines is 1. The van der Waals surface area contributed by atoms with Crippen LogP contribution in [-0.4, -0.2) is 65.0 Å². The fraction of sp³-hybridized carbons (Fsp3) is 0.417. The van der Waals surface area contributed by atoms with E-state index in [0.717, 1.165) is 35.2 Å². The van der Waals surface area contributed by atoms with Crippen LogP contribution in [0.1, 0.15) is 77.5 Å². The molecule has 2 aliphatic heterocycles. The quantitative estimate of drug-likeness (QED) is 0.262. The van der Waals surface area contributed by atoms with E-state index < -0.39 is 16.1 Å². The Morgan fingerprint density at radius 3 is 2.40 bits per heavy atom. The summed E-state index contributed by atoms with van der Waals surface area (Å²) in [5, 5.41) is 0. The summed E-state index contributed by atoms with van der Waals surface area (Å²) in [4.78, 5) is 34.7. The van der Waals surface area contributed by atoms with Crippen molar-refractivity contribution in [3.05, 3.63) is 88.5 Å². The number of sulfonamides is 1. The predicted molar refractivity (Wildman–Crippen MR) is 182 cm³/mol. The number of nitrogens with one attached hydrogen (secondary N) is 1. The van der Waals surface area contributed by atoms with Crippen LogP contribution in [0.3, 0.4) is 0 Å². The molecule has 252 valence electrons. The van der Waals surface area contributed by atoms with Gasteiger partial charge in [0.2, 0.25) is 11.8 Å². The van der Waals surface area contributed by atoms with Crippen LogP contribution in [-0.2, 0) is 21.3 Å². The molecule has 0 radical (unpaired) electrons. The van der Waals surface area contributed by atoms with Crippen molar-refractivity contribution in [1.29, 1.82) is 0 Å². The third kappa shape index (κ3) is 7.19. The summed E-state index contributed by atoms with van der Waals surface area (Å²) in [6, 6.07) is 11.6. The Hall–Kier alpha value is -4.42. The SMILES string of the molecule is Cc1cccc(C)c1-c1nc2nc(c1C)OC[C@@H](CC(C)C)N(Cc1cnc(C3CCOCC3)cn1)C(=O)c1cccc(c1)S(=O)(=O)N2. The zero-order chi connectivity index (χ0) is 34.0. The maximum absolute atomic E-state index is 14.4. The van der Waals surface area contributed by atoms with Gasteiger partial charge in [0, 0.05) is 42.0 Å². The highest BCUT2D eigenvalue weighted by Crippen LogP contribution is 2.34. The molecular formula is C36H42N6O5S. The van der Waals surface area contributed by atoms with Gasteiger partial charge in [0.05, 0.1) is 40.8 Å². The molecule has 0 unspecified atom stereocenters. The number of rotatable bonds is 6. The minimum Gasteiger partial charge on any atom is -0.475 e. The van der Waals surface area contributed by atoms with E-state index in [1.165, 1.54) is 12.1 Å². The molecule has 12 heteroatoms. The molecule has 1 saturated heterocycles. The van der Waals surface area contributed by atoms with E-state index in [1.807, 2.05) is 39.0 Å². The van der Waals surface area contributed by atoms with Crippen LogP contribution in [0.15, 0.2) is 59.8 Å². The Bertz CT molecular complexity index is 1890. The van der Waals surface area contributed by atoms with Crippen LogP contribution in [0, 0.1) is 26.7 Å². The Morgan fingerprint density at radius 1 is 0.979 bits per heavy atom. The monoisotopic (exact) mass is 670 g/mol. The molecule has 2 aromatic heterocycles. The summed E-state index contributed by atoms with van der Waals surface area (Å²) in [6.07, 6.45) is 5.95. The van der Waals surface area contributed by atoms with Crippen LogP contribution in [0.25, 0.3) is 11.3 Å². The molecule has 1 fully saturated rings. The number of hydrogen-bond acceptors (Lipinski definition) is 9. The topological polar surface area (TPSA) is 136 Å². The highest BCUT2D eigenvalue weighted by atomic mass is 32.2. The average molecular weight is 671 g/mol. The minimum atomic E-state index is -4.17. The van der Waals surface area contributed by atoms with E-state index in [0.29, 0.717) is 42.5 Å². The lowest BCUT2D eigenvalue weighted by atomic mass is 9.97. The van der Waals surface area contributed by atoms with Crippen molar-refractivity contribution in [2.75, 3.05) is 24.5 Å². The Morgan fingerprint density at radius 2 is 1.71 bits per heavy atom. The van der Waals surface area contributed by atoms with Gasteiger partial charge in [0.1, 0.15) is 6.61 Å². The second-order valence-corrected chi connectivity index (χ2v) is 14.8. The molecule has 1 N–H and O–H groups in total. The van der Waals surface area contributed by atoms with Crippen molar-refractivity contribution >= 4 is 21.9 Å². The van der Waals surface area contributed by atoms with Crippen molar-refractivity contribution in [1.82, 2.24) is 24.8 Å². The van der Waals surface area contributed by atoms with E-state index in [-0.39, 0.29) is 47.3 Å². The second kappa shape index (κ2) is 14.0. The number of aromatic nitrogens is 4. The molecule has 2 aliphatic rings. The normalized spacial score (nSPS) is 18.3. The smallest absolute Gasteiger partial charge is 0.264 e. The molecule has 1 atom stereocenters. The zero-order valence-corrected chi connectivity index (χ0v) is 28.9. The number of benzene rings is 2. The van der Waals surface area contributed by atoms with Gasteiger partial charge in [-0.25, -0.2) is 18.1 Å². The largest absolute Gasteiger partial charge is 0.475 e. The molecule has 0 aliphatic carbocycles. The standard InChI is InChI=1S/C36H42N6O5S/c1-22(2)16-29-21-47-34-25(5)33(32-23(3)8-6-9-24(32)4)39-36(40-34)41-48(44,45)30-11-7-10-27(17-30)35(43)42(29)20-28-18-38-31(19-37-28)26-12-14-46-15-13-26/h6-11,17-19,22,26,29H,12-16,20-21H2,1-5H3,(H,39,40,41)/t29-/m1/s1. The molecule has 1 amide bonds. The number of aryl methyl sites for hydroxylation is 2. The van der Waals surface area contributed by atoms with E-state index in [2.05, 4.69) is 23.6 Å². The number of carbonyl (C=O) groups excluding carboxylic acids is 1. The van der Waals surface area contributed by atoms with Gasteiger partial charge in [0.15, 0.2) is 0 Å². The number of carbonyl (C=O) groups is 1. The van der Waals surface area contributed by atoms with Gasteiger partial charge < -0.3 is 14.4 Å². The number of amides is 1. The summed E-state index contributed by atoms with van der Waals surface area (Å²) in [5.74, 6) is 0.311. The first-order chi connectivity index (χ1) is 23.0. The van der Waals surface area contributed by atoms with Crippen LogP contribution >= 0.6 is 0 Å². The second-order valence-electron chi connectivity index (χ2n) is 13.1. The number of hydrogen-bond donors (Lipinski definition) is 1. The summed E-state index contributed by atoms with van der Waals surface area (Å²) < 4.78 is 41.9. The first kappa shape index (κ1) is 33.5. The Kier molecular flexibility index (Phi) is 9.75. The van der Waals surface area contributed by atoms with Gasteiger partial charge in [-0.3, -0.25) is 14.8 Å². The van der Waals surface area contributed by atoms with Gasteiger partial charge in [-0.2, -0.15) is 4.98 Å². The molecule has 4 heterocycles. The van der Waals surface area contributed by atoms with E-state index in [1.54, 1.807) is 29.4 Å². The number of nitrogens with zero attached hydrogens (tertiary/aromatic N) is 5. The van der Waals surface area contributed by atoms with Crippen LogP contribution in [0.5, 0.6) is 5.88 Å². The maximum atomic E-state index is 14.4. The van der Waals surface area contributed by atoms with E-state index in [4.69, 9.17) is 24.4 Å².